The van der Waals surface area contributed by atoms with E-state index in [0.29, 0.717) is 13.2 Å². The van der Waals surface area contributed by atoms with Gasteiger partial charge in [0.1, 0.15) is 6.10 Å². The summed E-state index contributed by atoms with van der Waals surface area (Å²) in [7, 11) is 0. The lowest BCUT2D eigenvalue weighted by molar-refractivity contribution is 0.0334. The second-order valence-electron chi connectivity index (χ2n) is 4.75. The summed E-state index contributed by atoms with van der Waals surface area (Å²) >= 11 is 17.5. The Kier molecular flexibility index (Phi) is 5.06. The van der Waals surface area contributed by atoms with Gasteiger partial charge in [0, 0.05) is 24.7 Å². The predicted molar refractivity (Wildman–Crippen MR) is 74.1 cm³/mol. The Morgan fingerprint density at radius 2 is 2.00 bits per heavy atom. The first-order valence-corrected chi connectivity index (χ1v) is 7.41. The number of hydrogen-bond donors (Lipinski definition) is 1. The number of aliphatic hydroxyl groups excluding tert-OH is 1. The van der Waals surface area contributed by atoms with E-state index >= 15 is 0 Å². The highest BCUT2D eigenvalue weighted by Gasteiger charge is 2.40. The quantitative estimate of drug-likeness (QED) is 0.796. The summed E-state index contributed by atoms with van der Waals surface area (Å²) in [5.74, 6) is -0.0932. The van der Waals surface area contributed by atoms with E-state index in [4.69, 9.17) is 39.5 Å². The van der Waals surface area contributed by atoms with Gasteiger partial charge in [-0.3, -0.25) is 0 Å². The third-order valence-corrected chi connectivity index (χ3v) is 4.22. The highest BCUT2D eigenvalue weighted by atomic mass is 35.6. The van der Waals surface area contributed by atoms with E-state index in [1.165, 1.54) is 0 Å². The maximum Gasteiger partial charge on any atom is 0.216 e. The van der Waals surface area contributed by atoms with Gasteiger partial charge in [-0.05, 0) is 19.3 Å². The van der Waals surface area contributed by atoms with Gasteiger partial charge in [-0.25, -0.2) is 0 Å². The number of alkyl halides is 3. The molecule has 2 rings (SSSR count). The molecule has 3 nitrogen and oxygen atoms in total. The van der Waals surface area contributed by atoms with Crippen LogP contribution < -0.4 is 0 Å². The Bertz CT molecular complexity index is 311. The molecule has 1 heterocycles. The molecule has 1 aliphatic heterocycles. The first-order chi connectivity index (χ1) is 8.50. The van der Waals surface area contributed by atoms with Gasteiger partial charge in [0.2, 0.25) is 3.79 Å². The lowest BCUT2D eigenvalue weighted by atomic mass is 9.87. The molecule has 0 amide bonds. The molecule has 1 N–H and O–H groups in total. The maximum absolute atomic E-state index is 10.2. The smallest absolute Gasteiger partial charge is 0.216 e. The number of morpholine rings is 1. The average molecular weight is 315 g/mol. The molecule has 18 heavy (non-hydrogen) atoms. The van der Waals surface area contributed by atoms with Crippen LogP contribution in [0.3, 0.4) is 0 Å². The van der Waals surface area contributed by atoms with E-state index in [1.807, 2.05) is 0 Å². The topological polar surface area (TPSA) is 32.7 Å². The van der Waals surface area contributed by atoms with Crippen molar-refractivity contribution in [1.82, 2.24) is 4.90 Å². The Hall–Kier alpha value is 0.330. The third kappa shape index (κ3) is 3.45. The first kappa shape index (κ1) is 14.7. The molecule has 0 bridgehead atoms. The highest BCUT2D eigenvalue weighted by molar-refractivity contribution is 6.68. The highest BCUT2D eigenvalue weighted by Crippen LogP contribution is 2.41. The second kappa shape index (κ2) is 6.19. The zero-order valence-electron chi connectivity index (χ0n) is 10.1. The summed E-state index contributed by atoms with van der Waals surface area (Å²) in [5.41, 5.74) is 1.11. The van der Waals surface area contributed by atoms with Crippen LogP contribution in [0.15, 0.2) is 11.8 Å². The van der Waals surface area contributed by atoms with Crippen molar-refractivity contribution in [3.05, 3.63) is 11.8 Å². The molecule has 0 radical (unpaired) electrons. The zero-order chi connectivity index (χ0) is 13.2. The van der Waals surface area contributed by atoms with Gasteiger partial charge in [0.25, 0.3) is 0 Å². The van der Waals surface area contributed by atoms with Gasteiger partial charge in [0.05, 0.1) is 13.2 Å². The monoisotopic (exact) mass is 313 g/mol. The van der Waals surface area contributed by atoms with Gasteiger partial charge in [-0.2, -0.15) is 0 Å². The Morgan fingerprint density at radius 3 is 2.61 bits per heavy atom. The van der Waals surface area contributed by atoms with Crippen LogP contribution in [-0.2, 0) is 4.74 Å². The molecule has 1 aliphatic carbocycles. The molecule has 1 saturated heterocycles. The van der Waals surface area contributed by atoms with Crippen LogP contribution in [0.4, 0.5) is 0 Å². The van der Waals surface area contributed by atoms with Crippen molar-refractivity contribution < 1.29 is 9.84 Å². The number of nitrogens with zero attached hydrogens (tertiary/aromatic N) is 1. The summed E-state index contributed by atoms with van der Waals surface area (Å²) < 4.78 is 3.71. The van der Waals surface area contributed by atoms with E-state index in [9.17, 15) is 5.11 Å². The van der Waals surface area contributed by atoms with Crippen molar-refractivity contribution in [2.45, 2.75) is 29.2 Å². The van der Waals surface area contributed by atoms with E-state index in [0.717, 1.165) is 38.0 Å². The van der Waals surface area contributed by atoms with Crippen LogP contribution in [0.25, 0.3) is 0 Å². The lowest BCUT2D eigenvalue weighted by Gasteiger charge is -2.40. The van der Waals surface area contributed by atoms with E-state index < -0.39 is 9.90 Å². The molecule has 2 aliphatic rings. The van der Waals surface area contributed by atoms with Crippen LogP contribution in [0.5, 0.6) is 0 Å². The normalized spacial score (nSPS) is 27.9. The van der Waals surface area contributed by atoms with E-state index in [1.54, 1.807) is 0 Å². The van der Waals surface area contributed by atoms with Gasteiger partial charge < -0.3 is 14.7 Å². The zero-order valence-corrected chi connectivity index (χ0v) is 12.4. The average Bonchev–Trinajstić information content (AvgIpc) is 2.38. The summed E-state index contributed by atoms with van der Waals surface area (Å²) in [6.45, 7) is 3.12. The van der Waals surface area contributed by atoms with Crippen molar-refractivity contribution in [3.8, 4) is 0 Å². The fraction of sp³-hybridized carbons (Fsp3) is 0.833. The minimum absolute atomic E-state index is 0.0932. The van der Waals surface area contributed by atoms with Crippen molar-refractivity contribution in [3.63, 3.8) is 0 Å². The van der Waals surface area contributed by atoms with Gasteiger partial charge >= 0.3 is 0 Å². The summed E-state index contributed by atoms with van der Waals surface area (Å²) in [6.07, 6.45) is 4.11. The van der Waals surface area contributed by atoms with Crippen LogP contribution in [0.2, 0.25) is 0 Å². The number of ether oxygens (including phenoxy) is 1. The molecule has 6 heteroatoms. The molecule has 104 valence electrons. The minimum Gasteiger partial charge on any atom is -0.388 e. The Labute approximate surface area is 123 Å². The maximum atomic E-state index is 10.2. The Morgan fingerprint density at radius 1 is 1.33 bits per heavy atom. The van der Waals surface area contributed by atoms with Crippen LogP contribution in [0, 0.1) is 5.92 Å². The third-order valence-electron chi connectivity index (χ3n) is 3.55. The van der Waals surface area contributed by atoms with Gasteiger partial charge in [-0.15, -0.1) is 0 Å². The summed E-state index contributed by atoms with van der Waals surface area (Å²) in [6, 6.07) is 0. The van der Waals surface area contributed by atoms with Crippen molar-refractivity contribution in [2.24, 2.45) is 5.92 Å². The second-order valence-corrected chi connectivity index (χ2v) is 7.12. The predicted octanol–water partition coefficient (Wildman–Crippen LogP) is 2.73. The molecule has 0 saturated carbocycles. The molecular weight excluding hydrogens is 296 g/mol. The molecule has 0 aromatic rings. The van der Waals surface area contributed by atoms with Crippen LogP contribution in [0.1, 0.15) is 19.3 Å². The molecule has 0 aromatic heterocycles. The van der Waals surface area contributed by atoms with E-state index in [2.05, 4.69) is 11.0 Å². The molecule has 0 spiro atoms. The number of hydrogen-bond acceptors (Lipinski definition) is 3. The lowest BCUT2D eigenvalue weighted by Crippen LogP contribution is -2.44. The van der Waals surface area contributed by atoms with Crippen molar-refractivity contribution in [1.29, 1.82) is 0 Å². The summed E-state index contributed by atoms with van der Waals surface area (Å²) in [5, 5.41) is 10.2. The largest absolute Gasteiger partial charge is 0.388 e. The first-order valence-electron chi connectivity index (χ1n) is 6.27. The SMILES string of the molecule is OC(C1CCCC=C1N1CCOCC1)C(Cl)(Cl)Cl. The van der Waals surface area contributed by atoms with Crippen molar-refractivity contribution in [2.75, 3.05) is 26.3 Å². The number of rotatable bonds is 2. The Balaban J connectivity index is 2.12. The molecule has 2 unspecified atom stereocenters. The molecule has 0 aromatic carbocycles. The number of aliphatic hydroxyl groups is 1. The van der Waals surface area contributed by atoms with Crippen molar-refractivity contribution >= 4 is 34.8 Å². The van der Waals surface area contributed by atoms with E-state index in [-0.39, 0.29) is 5.92 Å². The molecule has 2 atom stereocenters. The van der Waals surface area contributed by atoms with Gasteiger partial charge in [-0.1, -0.05) is 40.9 Å². The molecule has 1 fully saturated rings. The van der Waals surface area contributed by atoms with Crippen LogP contribution >= 0.6 is 34.8 Å². The number of allylic oxidation sites excluding steroid dienone is 1. The number of halogens is 3. The van der Waals surface area contributed by atoms with Gasteiger partial charge in [0.15, 0.2) is 0 Å². The minimum atomic E-state index is -1.63. The fourth-order valence-corrected chi connectivity index (χ4v) is 3.08. The van der Waals surface area contributed by atoms with Crippen LogP contribution in [-0.4, -0.2) is 46.2 Å². The fourth-order valence-electron chi connectivity index (χ4n) is 2.62. The standard InChI is InChI=1S/C12H18Cl3NO2/c13-12(14,15)11(17)9-3-1-2-4-10(9)16-5-7-18-8-6-16/h4,9,11,17H,1-3,5-8H2. The summed E-state index contributed by atoms with van der Waals surface area (Å²) in [4.78, 5) is 2.24. The molecular formula is C12H18Cl3NO2.